The number of nitrogens with one attached hydrogen (secondary N) is 2. The second-order valence-electron chi connectivity index (χ2n) is 5.32. The molecule has 0 aliphatic rings. The number of amides is 1. The molecule has 0 bridgehead atoms. The maximum absolute atomic E-state index is 12.8. The second-order valence-corrected chi connectivity index (χ2v) is 5.32. The van der Waals surface area contributed by atoms with Gasteiger partial charge in [-0.25, -0.2) is 4.39 Å². The molecule has 0 aliphatic carbocycles. The Hall–Kier alpha value is -2.20. The Bertz CT molecular complexity index is 593. The quantitative estimate of drug-likeness (QED) is 0.772. The molecule has 0 atom stereocenters. The maximum atomic E-state index is 12.8. The van der Waals surface area contributed by atoms with Crippen molar-refractivity contribution in [2.75, 3.05) is 13.1 Å². The molecule has 1 amide bonds. The summed E-state index contributed by atoms with van der Waals surface area (Å²) in [5.41, 5.74) is 3.34. The van der Waals surface area contributed by atoms with E-state index < -0.39 is 0 Å². The van der Waals surface area contributed by atoms with Crippen molar-refractivity contribution in [1.82, 2.24) is 10.6 Å². The fourth-order valence-electron chi connectivity index (χ4n) is 2.05. The number of rotatable bonds is 7. The van der Waals surface area contributed by atoms with Crippen LogP contribution in [0.2, 0.25) is 0 Å². The highest BCUT2D eigenvalue weighted by Gasteiger charge is 2.01. The molecule has 0 fully saturated rings. The van der Waals surface area contributed by atoms with Gasteiger partial charge in [0, 0.05) is 6.54 Å². The highest BCUT2D eigenvalue weighted by molar-refractivity contribution is 5.77. The van der Waals surface area contributed by atoms with Crippen molar-refractivity contribution >= 4 is 5.91 Å². The normalized spacial score (nSPS) is 10.5. The highest BCUT2D eigenvalue weighted by Crippen LogP contribution is 2.03. The third-order valence-electron chi connectivity index (χ3n) is 3.40. The lowest BCUT2D eigenvalue weighted by atomic mass is 10.1. The standard InChI is InChI=1S/C18H21FN2O/c1-14-2-4-16(5-3-14)12-21-18(22)13-20-11-10-15-6-8-17(19)9-7-15/h2-9,20H,10-13H2,1H3,(H,21,22). The van der Waals surface area contributed by atoms with Crippen LogP contribution in [-0.2, 0) is 17.8 Å². The molecule has 116 valence electrons. The Balaban J connectivity index is 1.61. The van der Waals surface area contributed by atoms with Crippen LogP contribution >= 0.6 is 0 Å². The fourth-order valence-corrected chi connectivity index (χ4v) is 2.05. The Morgan fingerprint density at radius 3 is 2.32 bits per heavy atom. The summed E-state index contributed by atoms with van der Waals surface area (Å²) >= 11 is 0. The van der Waals surface area contributed by atoms with Gasteiger partial charge in [0.25, 0.3) is 0 Å². The topological polar surface area (TPSA) is 41.1 Å². The summed E-state index contributed by atoms with van der Waals surface area (Å²) in [5.74, 6) is -0.258. The largest absolute Gasteiger partial charge is 0.351 e. The molecule has 0 aromatic heterocycles. The average Bonchev–Trinajstić information content (AvgIpc) is 2.53. The number of hydrogen-bond donors (Lipinski definition) is 2. The minimum atomic E-state index is -0.229. The van der Waals surface area contributed by atoms with Crippen LogP contribution in [-0.4, -0.2) is 19.0 Å². The summed E-state index contributed by atoms with van der Waals surface area (Å²) in [6.07, 6.45) is 0.769. The smallest absolute Gasteiger partial charge is 0.234 e. The predicted octanol–water partition coefficient (Wildman–Crippen LogP) is 2.58. The molecule has 0 spiro atoms. The molecule has 0 radical (unpaired) electrons. The third kappa shape index (κ3) is 5.66. The van der Waals surface area contributed by atoms with E-state index in [1.807, 2.05) is 31.2 Å². The lowest BCUT2D eigenvalue weighted by Crippen LogP contribution is -2.34. The number of benzene rings is 2. The average molecular weight is 300 g/mol. The molecule has 22 heavy (non-hydrogen) atoms. The molecule has 3 nitrogen and oxygen atoms in total. The van der Waals surface area contributed by atoms with Crippen molar-refractivity contribution in [3.05, 3.63) is 71.0 Å². The molecule has 0 saturated heterocycles. The van der Waals surface area contributed by atoms with Crippen LogP contribution in [0.25, 0.3) is 0 Å². The second kappa shape index (κ2) is 8.29. The molecule has 2 aromatic rings. The summed E-state index contributed by atoms with van der Waals surface area (Å²) in [4.78, 5) is 11.7. The summed E-state index contributed by atoms with van der Waals surface area (Å²) in [5, 5.41) is 5.96. The predicted molar refractivity (Wildman–Crippen MR) is 86.0 cm³/mol. The van der Waals surface area contributed by atoms with Gasteiger partial charge < -0.3 is 10.6 Å². The van der Waals surface area contributed by atoms with E-state index >= 15 is 0 Å². The van der Waals surface area contributed by atoms with Gasteiger partial charge in [0.05, 0.1) is 6.54 Å². The summed E-state index contributed by atoms with van der Waals surface area (Å²) in [6, 6.07) is 14.5. The molecular formula is C18H21FN2O. The number of halogens is 1. The third-order valence-corrected chi connectivity index (χ3v) is 3.40. The fraction of sp³-hybridized carbons (Fsp3) is 0.278. The maximum Gasteiger partial charge on any atom is 0.234 e. The van der Waals surface area contributed by atoms with Crippen LogP contribution in [0.1, 0.15) is 16.7 Å². The van der Waals surface area contributed by atoms with Gasteiger partial charge in [-0.1, -0.05) is 42.0 Å². The van der Waals surface area contributed by atoms with E-state index in [1.54, 1.807) is 12.1 Å². The summed E-state index contributed by atoms with van der Waals surface area (Å²) in [6.45, 7) is 3.54. The number of hydrogen-bond acceptors (Lipinski definition) is 2. The van der Waals surface area contributed by atoms with Crippen LogP contribution in [0.3, 0.4) is 0 Å². The summed E-state index contributed by atoms with van der Waals surface area (Å²) in [7, 11) is 0. The molecule has 2 N–H and O–H groups in total. The van der Waals surface area contributed by atoms with Crippen molar-refractivity contribution in [1.29, 1.82) is 0 Å². The van der Waals surface area contributed by atoms with E-state index in [0.29, 0.717) is 13.1 Å². The van der Waals surface area contributed by atoms with Crippen molar-refractivity contribution in [2.45, 2.75) is 19.9 Å². The van der Waals surface area contributed by atoms with Crippen LogP contribution in [0.5, 0.6) is 0 Å². The van der Waals surface area contributed by atoms with Gasteiger partial charge in [-0.2, -0.15) is 0 Å². The zero-order chi connectivity index (χ0) is 15.8. The van der Waals surface area contributed by atoms with Gasteiger partial charge in [0.1, 0.15) is 5.82 Å². The molecular weight excluding hydrogens is 279 g/mol. The van der Waals surface area contributed by atoms with Gasteiger partial charge in [0.15, 0.2) is 0 Å². The van der Waals surface area contributed by atoms with Crippen molar-refractivity contribution < 1.29 is 9.18 Å². The molecule has 0 saturated carbocycles. The summed E-state index contributed by atoms with van der Waals surface area (Å²) < 4.78 is 12.8. The first kappa shape index (κ1) is 16.2. The van der Waals surface area contributed by atoms with Crippen LogP contribution in [0.15, 0.2) is 48.5 Å². The Kier molecular flexibility index (Phi) is 6.10. The van der Waals surface area contributed by atoms with Gasteiger partial charge in [-0.05, 0) is 43.1 Å². The first-order chi connectivity index (χ1) is 10.6. The highest BCUT2D eigenvalue weighted by atomic mass is 19.1. The monoisotopic (exact) mass is 300 g/mol. The Morgan fingerprint density at radius 1 is 1.00 bits per heavy atom. The Labute approximate surface area is 130 Å². The van der Waals surface area contributed by atoms with E-state index in [-0.39, 0.29) is 18.3 Å². The van der Waals surface area contributed by atoms with Gasteiger partial charge in [-0.3, -0.25) is 4.79 Å². The molecule has 0 heterocycles. The minimum absolute atomic E-state index is 0.0281. The minimum Gasteiger partial charge on any atom is -0.351 e. The zero-order valence-corrected chi connectivity index (χ0v) is 12.7. The number of carbonyl (C=O) groups excluding carboxylic acids is 1. The van der Waals surface area contributed by atoms with Crippen molar-refractivity contribution in [2.24, 2.45) is 0 Å². The lowest BCUT2D eigenvalue weighted by molar-refractivity contribution is -0.120. The van der Waals surface area contributed by atoms with E-state index in [1.165, 1.54) is 17.7 Å². The SMILES string of the molecule is Cc1ccc(CNC(=O)CNCCc2ccc(F)cc2)cc1. The van der Waals surface area contributed by atoms with Crippen molar-refractivity contribution in [3.63, 3.8) is 0 Å². The molecule has 0 aliphatic heterocycles. The molecule has 2 aromatic carbocycles. The number of aryl methyl sites for hydroxylation is 1. The molecule has 4 heteroatoms. The first-order valence-electron chi connectivity index (χ1n) is 7.41. The molecule has 0 unspecified atom stereocenters. The number of carbonyl (C=O) groups is 1. The lowest BCUT2D eigenvalue weighted by Gasteiger charge is -2.07. The van der Waals surface area contributed by atoms with Crippen LogP contribution in [0.4, 0.5) is 4.39 Å². The Morgan fingerprint density at radius 2 is 1.64 bits per heavy atom. The first-order valence-corrected chi connectivity index (χ1v) is 7.41. The van der Waals surface area contributed by atoms with E-state index in [9.17, 15) is 9.18 Å². The molecule has 2 rings (SSSR count). The van der Waals surface area contributed by atoms with E-state index in [2.05, 4.69) is 10.6 Å². The van der Waals surface area contributed by atoms with Gasteiger partial charge in [-0.15, -0.1) is 0 Å². The van der Waals surface area contributed by atoms with E-state index in [4.69, 9.17) is 0 Å². The van der Waals surface area contributed by atoms with Gasteiger partial charge >= 0.3 is 0 Å². The van der Waals surface area contributed by atoms with Crippen LogP contribution < -0.4 is 10.6 Å². The van der Waals surface area contributed by atoms with Crippen molar-refractivity contribution in [3.8, 4) is 0 Å². The van der Waals surface area contributed by atoms with Gasteiger partial charge in [0.2, 0.25) is 5.91 Å². The zero-order valence-electron chi connectivity index (χ0n) is 12.7. The van der Waals surface area contributed by atoms with E-state index in [0.717, 1.165) is 17.5 Å². The van der Waals surface area contributed by atoms with Crippen LogP contribution in [0, 0.1) is 12.7 Å².